The highest BCUT2D eigenvalue weighted by Crippen LogP contribution is 2.10. The van der Waals surface area contributed by atoms with Crippen LogP contribution in [0.25, 0.3) is 12.2 Å². The molecular weight excluding hydrogens is 236 g/mol. The summed E-state index contributed by atoms with van der Waals surface area (Å²) >= 11 is 0. The molecule has 2 rings (SSSR count). The average Bonchev–Trinajstić information content (AvgIpc) is 2.73. The number of aromatic nitrogens is 2. The Morgan fingerprint density at radius 3 is 2.47 bits per heavy atom. The molecule has 1 aromatic carbocycles. The fraction of sp³-hybridized carbons (Fsp3) is 0.167. The van der Waals surface area contributed by atoms with E-state index in [1.807, 2.05) is 30.3 Å². The Kier molecular flexibility index (Phi) is 3.49. The van der Waals surface area contributed by atoms with Gasteiger partial charge in [0.05, 0.1) is 0 Å². The van der Waals surface area contributed by atoms with E-state index in [0.29, 0.717) is 11.7 Å². The fourth-order valence-corrected chi connectivity index (χ4v) is 1.84. The number of benzene rings is 1. The van der Waals surface area contributed by atoms with Crippen molar-refractivity contribution in [2.24, 2.45) is 0 Å². The smallest absolute Gasteiger partial charge is 0.223 e. The molecule has 0 N–H and O–H groups in total. The molecule has 1 aromatic heterocycles. The second-order valence-corrected chi connectivity index (χ2v) is 4.91. The van der Waals surface area contributed by atoms with Crippen LogP contribution in [0.15, 0.2) is 33.7 Å². The third-order valence-corrected chi connectivity index (χ3v) is 3.12. The van der Waals surface area contributed by atoms with Gasteiger partial charge in [0.2, 0.25) is 5.89 Å². The minimum atomic E-state index is -0.938. The highest BCUT2D eigenvalue weighted by Gasteiger charge is 1.98. The van der Waals surface area contributed by atoms with Gasteiger partial charge in [-0.2, -0.15) is 4.98 Å². The molecule has 2 aromatic rings. The zero-order valence-electron chi connectivity index (χ0n) is 9.58. The third kappa shape index (κ3) is 3.10. The number of hydrogen-bond donors (Lipinski definition) is 0. The van der Waals surface area contributed by atoms with E-state index in [1.54, 1.807) is 19.3 Å². The Labute approximate surface area is 102 Å². The van der Waals surface area contributed by atoms with Gasteiger partial charge in [-0.1, -0.05) is 23.4 Å². The summed E-state index contributed by atoms with van der Waals surface area (Å²) in [4.78, 5) is 4.88. The number of rotatable bonds is 3. The Hall–Kier alpha value is -1.75. The summed E-state index contributed by atoms with van der Waals surface area (Å²) in [5, 5.41) is 3.76. The molecule has 88 valence electrons. The highest BCUT2D eigenvalue weighted by atomic mass is 32.2. The molecule has 0 amide bonds. The van der Waals surface area contributed by atoms with E-state index in [1.165, 1.54) is 0 Å². The Morgan fingerprint density at radius 1 is 1.24 bits per heavy atom. The largest absolute Gasteiger partial charge is 0.339 e. The van der Waals surface area contributed by atoms with Crippen LogP contribution in [0.1, 0.15) is 17.3 Å². The number of aryl methyl sites for hydroxylation is 1. The number of nitrogens with zero attached hydrogens (tertiary/aromatic N) is 2. The molecule has 0 bridgehead atoms. The first-order valence-electron chi connectivity index (χ1n) is 5.07. The minimum Gasteiger partial charge on any atom is -0.339 e. The lowest BCUT2D eigenvalue weighted by molar-refractivity contribution is 0.391. The van der Waals surface area contributed by atoms with Gasteiger partial charge < -0.3 is 4.52 Å². The molecule has 0 aliphatic heterocycles. The van der Waals surface area contributed by atoms with Crippen molar-refractivity contribution >= 4 is 23.0 Å². The van der Waals surface area contributed by atoms with Crippen LogP contribution in [0.2, 0.25) is 0 Å². The first-order chi connectivity index (χ1) is 8.15. The van der Waals surface area contributed by atoms with Gasteiger partial charge in [0.1, 0.15) is 0 Å². The second kappa shape index (κ2) is 5.05. The zero-order valence-corrected chi connectivity index (χ0v) is 10.4. The summed E-state index contributed by atoms with van der Waals surface area (Å²) in [5.41, 5.74) is 1.00. The van der Waals surface area contributed by atoms with Gasteiger partial charge in [-0.3, -0.25) is 4.21 Å². The lowest BCUT2D eigenvalue weighted by Crippen LogP contribution is -1.86. The quantitative estimate of drug-likeness (QED) is 0.836. The molecule has 1 unspecified atom stereocenters. The Balaban J connectivity index is 2.13. The predicted molar refractivity (Wildman–Crippen MR) is 66.7 cm³/mol. The van der Waals surface area contributed by atoms with Crippen molar-refractivity contribution < 1.29 is 8.73 Å². The summed E-state index contributed by atoms with van der Waals surface area (Å²) in [6.07, 6.45) is 5.31. The molecule has 0 aliphatic rings. The van der Waals surface area contributed by atoms with Crippen molar-refractivity contribution in [3.05, 3.63) is 41.5 Å². The molecule has 0 spiro atoms. The van der Waals surface area contributed by atoms with Crippen molar-refractivity contribution in [3.63, 3.8) is 0 Å². The first kappa shape index (κ1) is 11.7. The van der Waals surface area contributed by atoms with Crippen LogP contribution in [0, 0.1) is 6.92 Å². The molecule has 0 saturated carbocycles. The second-order valence-electron chi connectivity index (χ2n) is 3.53. The summed E-state index contributed by atoms with van der Waals surface area (Å²) < 4.78 is 16.1. The molecular formula is C12H12N2O2S. The van der Waals surface area contributed by atoms with Gasteiger partial charge >= 0.3 is 0 Å². The van der Waals surface area contributed by atoms with Crippen LogP contribution in [0.3, 0.4) is 0 Å². The van der Waals surface area contributed by atoms with Crippen molar-refractivity contribution in [2.75, 3.05) is 6.26 Å². The van der Waals surface area contributed by atoms with Crippen LogP contribution in [-0.2, 0) is 10.8 Å². The Morgan fingerprint density at radius 2 is 1.94 bits per heavy atom. The third-order valence-electron chi connectivity index (χ3n) is 2.18. The predicted octanol–water partition coefficient (Wildman–Crippen LogP) is 2.29. The van der Waals surface area contributed by atoms with E-state index in [4.69, 9.17) is 4.52 Å². The van der Waals surface area contributed by atoms with E-state index in [-0.39, 0.29) is 0 Å². The van der Waals surface area contributed by atoms with Gasteiger partial charge in [0, 0.05) is 28.9 Å². The van der Waals surface area contributed by atoms with Crippen molar-refractivity contribution in [1.82, 2.24) is 10.1 Å². The summed E-state index contributed by atoms with van der Waals surface area (Å²) in [5.74, 6) is 1.09. The maximum absolute atomic E-state index is 11.2. The molecule has 5 heteroatoms. The van der Waals surface area contributed by atoms with E-state index >= 15 is 0 Å². The van der Waals surface area contributed by atoms with E-state index in [9.17, 15) is 4.21 Å². The summed E-state index contributed by atoms with van der Waals surface area (Å²) in [6.45, 7) is 1.75. The van der Waals surface area contributed by atoms with Crippen molar-refractivity contribution in [1.29, 1.82) is 0 Å². The molecule has 4 nitrogen and oxygen atoms in total. The van der Waals surface area contributed by atoms with Crippen LogP contribution in [-0.4, -0.2) is 20.6 Å². The standard InChI is InChI=1S/C12H12N2O2S/c1-9-13-12(14-16-9)8-5-10-3-6-11(7-4-10)17(2)15/h3-8H,1-2H3. The molecule has 0 aliphatic carbocycles. The van der Waals surface area contributed by atoms with Gasteiger partial charge in [0.25, 0.3) is 0 Å². The van der Waals surface area contributed by atoms with E-state index < -0.39 is 10.8 Å². The Bertz CT molecular complexity index is 558. The SMILES string of the molecule is Cc1nc(C=Cc2ccc(S(C)=O)cc2)no1. The molecule has 1 atom stereocenters. The van der Waals surface area contributed by atoms with Gasteiger partial charge in [-0.15, -0.1) is 0 Å². The van der Waals surface area contributed by atoms with Crippen LogP contribution in [0.4, 0.5) is 0 Å². The summed E-state index contributed by atoms with van der Waals surface area (Å²) in [6, 6.07) is 7.49. The monoisotopic (exact) mass is 248 g/mol. The average molecular weight is 248 g/mol. The number of hydrogen-bond acceptors (Lipinski definition) is 4. The van der Waals surface area contributed by atoms with Crippen molar-refractivity contribution in [2.45, 2.75) is 11.8 Å². The lowest BCUT2D eigenvalue weighted by atomic mass is 10.2. The fourth-order valence-electron chi connectivity index (χ4n) is 1.32. The normalized spacial score (nSPS) is 13.1. The maximum Gasteiger partial charge on any atom is 0.223 e. The molecule has 17 heavy (non-hydrogen) atoms. The minimum absolute atomic E-state index is 0.543. The lowest BCUT2D eigenvalue weighted by Gasteiger charge is -1.96. The zero-order chi connectivity index (χ0) is 12.3. The van der Waals surface area contributed by atoms with E-state index in [0.717, 1.165) is 10.5 Å². The topological polar surface area (TPSA) is 56.0 Å². The van der Waals surface area contributed by atoms with Gasteiger partial charge in [0.15, 0.2) is 5.82 Å². The summed E-state index contributed by atoms with van der Waals surface area (Å²) in [7, 11) is -0.938. The van der Waals surface area contributed by atoms with Crippen LogP contribution in [0.5, 0.6) is 0 Å². The van der Waals surface area contributed by atoms with Gasteiger partial charge in [-0.05, 0) is 23.8 Å². The van der Waals surface area contributed by atoms with Crippen LogP contribution < -0.4 is 0 Å². The molecule has 0 radical (unpaired) electrons. The molecule has 0 fully saturated rings. The van der Waals surface area contributed by atoms with Crippen LogP contribution >= 0.6 is 0 Å². The van der Waals surface area contributed by atoms with E-state index in [2.05, 4.69) is 10.1 Å². The highest BCUT2D eigenvalue weighted by molar-refractivity contribution is 7.84. The molecule has 0 saturated heterocycles. The first-order valence-corrected chi connectivity index (χ1v) is 6.63. The maximum atomic E-state index is 11.2. The van der Waals surface area contributed by atoms with Gasteiger partial charge in [-0.25, -0.2) is 0 Å². The van der Waals surface area contributed by atoms with Crippen molar-refractivity contribution in [3.8, 4) is 0 Å². The molecule has 1 heterocycles.